The second-order valence-electron chi connectivity index (χ2n) is 5.38. The smallest absolute Gasteiger partial charge is 0.227 e. The van der Waals surface area contributed by atoms with Crippen molar-refractivity contribution in [2.75, 3.05) is 6.54 Å². The molecule has 0 radical (unpaired) electrons. The van der Waals surface area contributed by atoms with Crippen molar-refractivity contribution in [3.63, 3.8) is 0 Å². The molecule has 0 aliphatic carbocycles. The summed E-state index contributed by atoms with van der Waals surface area (Å²) in [7, 11) is 0. The quantitative estimate of drug-likeness (QED) is 0.817. The van der Waals surface area contributed by atoms with Crippen molar-refractivity contribution in [3.8, 4) is 0 Å². The van der Waals surface area contributed by atoms with Gasteiger partial charge in [-0.25, -0.2) is 0 Å². The molecule has 0 N–H and O–H groups in total. The number of rotatable bonds is 2. The molecule has 0 spiro atoms. The second kappa shape index (κ2) is 5.87. The number of nitrogens with zero attached hydrogens (tertiary/aromatic N) is 1. The van der Waals surface area contributed by atoms with Gasteiger partial charge in [-0.05, 0) is 43.4 Å². The fourth-order valence-electron chi connectivity index (χ4n) is 2.51. The highest BCUT2D eigenvalue weighted by Crippen LogP contribution is 2.22. The molecule has 1 amide bonds. The van der Waals surface area contributed by atoms with E-state index in [1.165, 1.54) is 6.42 Å². The normalized spacial score (nSPS) is 24.1. The fourth-order valence-corrected chi connectivity index (χ4v) is 2.78. The predicted octanol–water partition coefficient (Wildman–Crippen LogP) is 3.64. The topological polar surface area (TPSA) is 20.3 Å². The first-order valence-electron chi connectivity index (χ1n) is 6.60. The lowest BCUT2D eigenvalue weighted by atomic mass is 9.94. The first-order valence-corrected chi connectivity index (χ1v) is 7.39. The van der Waals surface area contributed by atoms with Crippen LogP contribution in [0.1, 0.15) is 32.3 Å². The standard InChI is InChI=1S/C15H20BrNO/c1-11-3-4-12(2)17(10-11)15(18)9-13-5-7-14(16)8-6-13/h5-8,11-12H,3-4,9-10H2,1-2H3/t11-,12+/m1/s1. The predicted molar refractivity (Wildman–Crippen MR) is 77.4 cm³/mol. The second-order valence-corrected chi connectivity index (χ2v) is 6.30. The van der Waals surface area contributed by atoms with E-state index in [-0.39, 0.29) is 5.91 Å². The van der Waals surface area contributed by atoms with Gasteiger partial charge < -0.3 is 4.90 Å². The number of carbonyl (C=O) groups excluding carboxylic acids is 1. The van der Waals surface area contributed by atoms with Crippen molar-refractivity contribution < 1.29 is 4.79 Å². The average molecular weight is 310 g/mol. The monoisotopic (exact) mass is 309 g/mol. The fraction of sp³-hybridized carbons (Fsp3) is 0.533. The van der Waals surface area contributed by atoms with E-state index < -0.39 is 0 Å². The third-order valence-corrected chi connectivity index (χ3v) is 4.24. The molecule has 1 saturated heterocycles. The van der Waals surface area contributed by atoms with Crippen molar-refractivity contribution in [1.29, 1.82) is 0 Å². The lowest BCUT2D eigenvalue weighted by Gasteiger charge is -2.37. The maximum absolute atomic E-state index is 12.3. The van der Waals surface area contributed by atoms with Crippen LogP contribution in [0.25, 0.3) is 0 Å². The SMILES string of the molecule is C[C@@H]1CC[C@H](C)N(C(=O)Cc2ccc(Br)cc2)C1. The Labute approximate surface area is 117 Å². The van der Waals surface area contributed by atoms with E-state index >= 15 is 0 Å². The lowest BCUT2D eigenvalue weighted by molar-refractivity contribution is -0.134. The van der Waals surface area contributed by atoms with Gasteiger partial charge in [0.2, 0.25) is 5.91 Å². The third-order valence-electron chi connectivity index (χ3n) is 3.71. The molecule has 0 bridgehead atoms. The number of benzene rings is 1. The first kappa shape index (κ1) is 13.6. The summed E-state index contributed by atoms with van der Waals surface area (Å²) in [5.41, 5.74) is 1.09. The van der Waals surface area contributed by atoms with E-state index in [2.05, 4.69) is 34.7 Å². The van der Waals surface area contributed by atoms with Gasteiger partial charge in [0, 0.05) is 17.1 Å². The molecular weight excluding hydrogens is 290 g/mol. The average Bonchev–Trinajstić information content (AvgIpc) is 2.35. The minimum absolute atomic E-state index is 0.261. The zero-order valence-electron chi connectivity index (χ0n) is 11.0. The number of hydrogen-bond donors (Lipinski definition) is 0. The Balaban J connectivity index is 2.00. The van der Waals surface area contributed by atoms with Gasteiger partial charge in [-0.15, -0.1) is 0 Å². The highest BCUT2D eigenvalue weighted by molar-refractivity contribution is 9.10. The lowest BCUT2D eigenvalue weighted by Crippen LogP contribution is -2.45. The van der Waals surface area contributed by atoms with Crippen LogP contribution in [-0.4, -0.2) is 23.4 Å². The van der Waals surface area contributed by atoms with Crippen LogP contribution < -0.4 is 0 Å². The van der Waals surface area contributed by atoms with Gasteiger partial charge in [0.05, 0.1) is 6.42 Å². The van der Waals surface area contributed by atoms with Crippen molar-refractivity contribution in [2.45, 2.75) is 39.2 Å². The molecular formula is C15H20BrNO. The van der Waals surface area contributed by atoms with Crippen molar-refractivity contribution >= 4 is 21.8 Å². The summed E-state index contributed by atoms with van der Waals surface area (Å²) in [6.07, 6.45) is 2.89. The van der Waals surface area contributed by atoms with E-state index in [1.54, 1.807) is 0 Å². The summed E-state index contributed by atoms with van der Waals surface area (Å²) < 4.78 is 1.05. The molecule has 2 atom stereocenters. The Morgan fingerprint density at radius 3 is 2.61 bits per heavy atom. The number of hydrogen-bond acceptors (Lipinski definition) is 1. The van der Waals surface area contributed by atoms with E-state index in [0.29, 0.717) is 18.4 Å². The minimum Gasteiger partial charge on any atom is -0.339 e. The third kappa shape index (κ3) is 3.35. The molecule has 0 aromatic heterocycles. The zero-order valence-corrected chi connectivity index (χ0v) is 12.6. The van der Waals surface area contributed by atoms with Gasteiger partial charge in [0.1, 0.15) is 0 Å². The number of likely N-dealkylation sites (tertiary alicyclic amines) is 1. The van der Waals surface area contributed by atoms with Gasteiger partial charge >= 0.3 is 0 Å². The molecule has 0 saturated carbocycles. The molecule has 3 heteroatoms. The molecule has 2 nitrogen and oxygen atoms in total. The molecule has 98 valence electrons. The highest BCUT2D eigenvalue weighted by atomic mass is 79.9. The summed E-state index contributed by atoms with van der Waals surface area (Å²) in [6, 6.07) is 8.40. The van der Waals surface area contributed by atoms with Gasteiger partial charge in [0.25, 0.3) is 0 Å². The van der Waals surface area contributed by atoms with Crippen LogP contribution in [0.2, 0.25) is 0 Å². The Hall–Kier alpha value is -0.830. The maximum Gasteiger partial charge on any atom is 0.227 e. The zero-order chi connectivity index (χ0) is 13.1. The molecule has 1 aliphatic heterocycles. The van der Waals surface area contributed by atoms with E-state index in [1.807, 2.05) is 24.3 Å². The highest BCUT2D eigenvalue weighted by Gasteiger charge is 2.26. The van der Waals surface area contributed by atoms with Gasteiger partial charge in [-0.3, -0.25) is 4.79 Å². The van der Waals surface area contributed by atoms with Crippen LogP contribution in [0.3, 0.4) is 0 Å². The maximum atomic E-state index is 12.3. The van der Waals surface area contributed by atoms with E-state index in [4.69, 9.17) is 0 Å². The molecule has 0 unspecified atom stereocenters. The Morgan fingerprint density at radius 1 is 1.28 bits per heavy atom. The Kier molecular flexibility index (Phi) is 4.44. The molecule has 18 heavy (non-hydrogen) atoms. The molecule has 1 aromatic carbocycles. The number of halogens is 1. The number of amides is 1. The summed E-state index contributed by atoms with van der Waals surface area (Å²) >= 11 is 3.41. The molecule has 1 aromatic rings. The van der Waals surface area contributed by atoms with E-state index in [9.17, 15) is 4.79 Å². The summed E-state index contributed by atoms with van der Waals surface area (Å²) in [5.74, 6) is 0.895. The van der Waals surface area contributed by atoms with E-state index in [0.717, 1.165) is 23.0 Å². The van der Waals surface area contributed by atoms with Gasteiger partial charge in [-0.2, -0.15) is 0 Å². The van der Waals surface area contributed by atoms with Crippen LogP contribution in [0.15, 0.2) is 28.7 Å². The van der Waals surface area contributed by atoms with Crippen LogP contribution in [0.4, 0.5) is 0 Å². The molecule has 1 heterocycles. The summed E-state index contributed by atoms with van der Waals surface area (Å²) in [6.45, 7) is 5.30. The van der Waals surface area contributed by atoms with Crippen molar-refractivity contribution in [2.24, 2.45) is 5.92 Å². The molecule has 2 rings (SSSR count). The van der Waals surface area contributed by atoms with Gasteiger partial charge in [0.15, 0.2) is 0 Å². The van der Waals surface area contributed by atoms with Crippen molar-refractivity contribution in [3.05, 3.63) is 34.3 Å². The van der Waals surface area contributed by atoms with Gasteiger partial charge in [-0.1, -0.05) is 35.0 Å². The molecule has 1 aliphatic rings. The number of carbonyl (C=O) groups is 1. The summed E-state index contributed by atoms with van der Waals surface area (Å²) in [4.78, 5) is 14.4. The van der Waals surface area contributed by atoms with Crippen LogP contribution >= 0.6 is 15.9 Å². The van der Waals surface area contributed by atoms with Crippen LogP contribution in [0.5, 0.6) is 0 Å². The minimum atomic E-state index is 0.261. The molecule has 1 fully saturated rings. The largest absolute Gasteiger partial charge is 0.339 e. The Morgan fingerprint density at radius 2 is 1.94 bits per heavy atom. The number of piperidine rings is 1. The van der Waals surface area contributed by atoms with Crippen LogP contribution in [-0.2, 0) is 11.2 Å². The first-order chi connectivity index (χ1) is 8.56. The Bertz CT molecular complexity index is 415. The van der Waals surface area contributed by atoms with Crippen molar-refractivity contribution in [1.82, 2.24) is 4.90 Å². The summed E-state index contributed by atoms with van der Waals surface area (Å²) in [5, 5.41) is 0. The van der Waals surface area contributed by atoms with Crippen LogP contribution in [0, 0.1) is 5.92 Å².